The first-order valence-corrected chi connectivity index (χ1v) is 7.81. The summed E-state index contributed by atoms with van der Waals surface area (Å²) in [6, 6.07) is 8.09. The molecule has 6 heteroatoms. The van der Waals surface area contributed by atoms with E-state index in [0.717, 1.165) is 16.1 Å². The summed E-state index contributed by atoms with van der Waals surface area (Å²) in [4.78, 5) is 17.6. The molecule has 1 N–H and O–H groups in total. The fourth-order valence-electron chi connectivity index (χ4n) is 2.23. The molecule has 21 heavy (non-hydrogen) atoms. The number of nitrogens with zero attached hydrogens (tertiary/aromatic N) is 1. The van der Waals surface area contributed by atoms with Crippen LogP contribution in [0.15, 0.2) is 35.1 Å². The Hall–Kier alpha value is -1.79. The summed E-state index contributed by atoms with van der Waals surface area (Å²) >= 11 is 6.81. The van der Waals surface area contributed by atoms with Gasteiger partial charge in [0.15, 0.2) is 4.77 Å². The average Bonchev–Trinajstić information content (AvgIpc) is 2.87. The Morgan fingerprint density at radius 1 is 1.38 bits per heavy atom. The standard InChI is InChI=1S/C15H13FN2OS2/c1-2-11-7-12-13(21-11)17-15(20)18(14(12)19)8-9-4-3-5-10(16)6-9/h3-7H,2,8H2,1H3,(H,17,20). The third kappa shape index (κ3) is 2.69. The summed E-state index contributed by atoms with van der Waals surface area (Å²) in [5, 5.41) is 0.641. The maximum atomic E-state index is 13.3. The number of fused-ring (bicyclic) bond motifs is 1. The first-order valence-electron chi connectivity index (χ1n) is 6.58. The predicted molar refractivity (Wildman–Crippen MR) is 86.1 cm³/mol. The smallest absolute Gasteiger partial charge is 0.263 e. The second-order valence-corrected chi connectivity index (χ2v) is 6.28. The van der Waals surface area contributed by atoms with Gasteiger partial charge in [-0.15, -0.1) is 11.3 Å². The van der Waals surface area contributed by atoms with Gasteiger partial charge in [-0.1, -0.05) is 19.1 Å². The van der Waals surface area contributed by atoms with Crippen molar-refractivity contribution in [3.63, 3.8) is 0 Å². The molecule has 0 amide bonds. The topological polar surface area (TPSA) is 37.8 Å². The molecular formula is C15H13FN2OS2. The molecule has 3 aromatic rings. The van der Waals surface area contributed by atoms with E-state index in [-0.39, 0.29) is 17.9 Å². The van der Waals surface area contributed by atoms with E-state index in [1.807, 2.05) is 13.0 Å². The summed E-state index contributed by atoms with van der Waals surface area (Å²) in [7, 11) is 0. The lowest BCUT2D eigenvalue weighted by Gasteiger charge is -2.06. The lowest BCUT2D eigenvalue weighted by molar-refractivity contribution is 0.622. The number of rotatable bonds is 3. The molecule has 0 bridgehead atoms. The summed E-state index contributed by atoms with van der Waals surface area (Å²) in [5.74, 6) is -0.319. The molecule has 1 aromatic carbocycles. The van der Waals surface area contributed by atoms with E-state index < -0.39 is 0 Å². The third-order valence-corrected chi connectivity index (χ3v) is 4.82. The number of nitrogens with one attached hydrogen (secondary N) is 1. The third-order valence-electron chi connectivity index (χ3n) is 3.30. The van der Waals surface area contributed by atoms with Crippen molar-refractivity contribution in [1.29, 1.82) is 0 Å². The first-order chi connectivity index (χ1) is 10.1. The predicted octanol–water partition coefficient (Wildman–Crippen LogP) is 3.87. The number of benzene rings is 1. The van der Waals surface area contributed by atoms with Crippen LogP contribution in [0.3, 0.4) is 0 Å². The SMILES string of the molecule is CCc1cc2c(=O)n(Cc3cccc(F)c3)c(=S)[nH]c2s1. The van der Waals surface area contributed by atoms with Crippen molar-refractivity contribution in [2.75, 3.05) is 0 Å². The lowest BCUT2D eigenvalue weighted by atomic mass is 10.2. The molecule has 0 saturated carbocycles. The van der Waals surface area contributed by atoms with Gasteiger partial charge in [0.05, 0.1) is 11.9 Å². The van der Waals surface area contributed by atoms with Crippen LogP contribution >= 0.6 is 23.6 Å². The number of aromatic amines is 1. The van der Waals surface area contributed by atoms with Crippen LogP contribution in [0.5, 0.6) is 0 Å². The summed E-state index contributed by atoms with van der Waals surface area (Å²) < 4.78 is 15.1. The largest absolute Gasteiger partial charge is 0.323 e. The number of aryl methyl sites for hydroxylation is 1. The number of thiophene rings is 1. The average molecular weight is 320 g/mol. The highest BCUT2D eigenvalue weighted by Crippen LogP contribution is 2.21. The second kappa shape index (κ2) is 5.54. The molecular weight excluding hydrogens is 307 g/mol. The minimum Gasteiger partial charge on any atom is -0.323 e. The zero-order valence-electron chi connectivity index (χ0n) is 11.4. The number of aromatic nitrogens is 2. The molecule has 108 valence electrons. The van der Waals surface area contributed by atoms with Crippen molar-refractivity contribution in [2.45, 2.75) is 19.9 Å². The molecule has 0 unspecified atom stereocenters. The number of hydrogen-bond acceptors (Lipinski definition) is 3. The van der Waals surface area contributed by atoms with E-state index in [2.05, 4.69) is 4.98 Å². The zero-order valence-corrected chi connectivity index (χ0v) is 13.0. The molecule has 0 aliphatic heterocycles. The Bertz CT molecular complexity index is 923. The van der Waals surface area contributed by atoms with Crippen LogP contribution in [-0.2, 0) is 13.0 Å². The molecule has 0 aliphatic rings. The Kier molecular flexibility index (Phi) is 3.73. The fraction of sp³-hybridized carbons (Fsp3) is 0.200. The second-order valence-electron chi connectivity index (χ2n) is 4.76. The molecule has 0 radical (unpaired) electrons. The highest BCUT2D eigenvalue weighted by molar-refractivity contribution is 7.71. The molecule has 3 nitrogen and oxygen atoms in total. The van der Waals surface area contributed by atoms with E-state index in [0.29, 0.717) is 15.7 Å². The van der Waals surface area contributed by atoms with Gasteiger partial charge in [-0.25, -0.2) is 4.39 Å². The molecule has 0 spiro atoms. The first kappa shape index (κ1) is 14.2. The molecule has 0 fully saturated rings. The van der Waals surface area contributed by atoms with E-state index in [9.17, 15) is 9.18 Å². The Balaban J connectivity index is 2.14. The lowest BCUT2D eigenvalue weighted by Crippen LogP contribution is -2.22. The number of halogens is 1. The molecule has 2 heterocycles. The highest BCUT2D eigenvalue weighted by Gasteiger charge is 2.10. The molecule has 0 aliphatic carbocycles. The maximum Gasteiger partial charge on any atom is 0.263 e. The minimum atomic E-state index is -0.319. The van der Waals surface area contributed by atoms with Gasteiger partial charge in [0.2, 0.25) is 0 Å². The monoisotopic (exact) mass is 320 g/mol. The van der Waals surface area contributed by atoms with Gasteiger partial charge in [0.1, 0.15) is 10.6 Å². The van der Waals surface area contributed by atoms with Crippen LogP contribution in [0.4, 0.5) is 4.39 Å². The quantitative estimate of drug-likeness (QED) is 0.744. The van der Waals surface area contributed by atoms with Crippen LogP contribution in [0.2, 0.25) is 0 Å². The molecule has 0 saturated heterocycles. The fourth-order valence-corrected chi connectivity index (χ4v) is 3.53. The van der Waals surface area contributed by atoms with Crippen molar-refractivity contribution in [1.82, 2.24) is 9.55 Å². The normalized spacial score (nSPS) is 11.1. The van der Waals surface area contributed by atoms with Crippen molar-refractivity contribution in [3.05, 3.63) is 61.7 Å². The van der Waals surface area contributed by atoms with Gasteiger partial charge in [-0.3, -0.25) is 9.36 Å². The Morgan fingerprint density at radius 3 is 2.90 bits per heavy atom. The summed E-state index contributed by atoms with van der Waals surface area (Å²) in [5.41, 5.74) is 0.579. The van der Waals surface area contributed by atoms with Crippen molar-refractivity contribution >= 4 is 33.8 Å². The van der Waals surface area contributed by atoms with Gasteiger partial charge < -0.3 is 4.98 Å². The zero-order chi connectivity index (χ0) is 15.0. The number of hydrogen-bond donors (Lipinski definition) is 1. The summed E-state index contributed by atoms with van der Waals surface area (Å²) in [6.45, 7) is 2.31. The molecule has 3 rings (SSSR count). The van der Waals surface area contributed by atoms with Gasteiger partial charge in [-0.05, 0) is 42.4 Å². The van der Waals surface area contributed by atoms with Crippen LogP contribution in [-0.4, -0.2) is 9.55 Å². The van der Waals surface area contributed by atoms with Gasteiger partial charge in [0, 0.05) is 4.88 Å². The molecule has 0 atom stereocenters. The van der Waals surface area contributed by atoms with E-state index >= 15 is 0 Å². The van der Waals surface area contributed by atoms with Gasteiger partial charge >= 0.3 is 0 Å². The maximum absolute atomic E-state index is 13.3. The van der Waals surface area contributed by atoms with Crippen LogP contribution in [0.1, 0.15) is 17.4 Å². The van der Waals surface area contributed by atoms with E-state index in [1.54, 1.807) is 23.5 Å². The van der Waals surface area contributed by atoms with E-state index in [1.165, 1.54) is 16.7 Å². The van der Waals surface area contributed by atoms with E-state index in [4.69, 9.17) is 12.2 Å². The van der Waals surface area contributed by atoms with Gasteiger partial charge in [0.25, 0.3) is 5.56 Å². The Morgan fingerprint density at radius 2 is 2.19 bits per heavy atom. The van der Waals surface area contributed by atoms with Crippen molar-refractivity contribution in [2.24, 2.45) is 0 Å². The Labute approximate surface area is 129 Å². The van der Waals surface area contributed by atoms with Crippen molar-refractivity contribution < 1.29 is 4.39 Å². The number of H-pyrrole nitrogens is 1. The van der Waals surface area contributed by atoms with Crippen LogP contribution in [0, 0.1) is 10.6 Å². The molecule has 2 aromatic heterocycles. The van der Waals surface area contributed by atoms with Gasteiger partial charge in [-0.2, -0.15) is 0 Å². The minimum absolute atomic E-state index is 0.131. The van der Waals surface area contributed by atoms with Crippen LogP contribution < -0.4 is 5.56 Å². The highest BCUT2D eigenvalue weighted by atomic mass is 32.1. The van der Waals surface area contributed by atoms with Crippen LogP contribution in [0.25, 0.3) is 10.2 Å². The van der Waals surface area contributed by atoms with Crippen molar-refractivity contribution in [3.8, 4) is 0 Å². The summed E-state index contributed by atoms with van der Waals surface area (Å²) in [6.07, 6.45) is 0.878.